The lowest BCUT2D eigenvalue weighted by atomic mass is 10.1. The second-order valence-corrected chi connectivity index (χ2v) is 10.1. The number of halogens is 2. The third-order valence-corrected chi connectivity index (χ3v) is 6.92. The fourth-order valence-corrected chi connectivity index (χ4v) is 4.53. The Labute approximate surface area is 237 Å². The monoisotopic (exact) mass is 600 g/mol. The first kappa shape index (κ1) is 26.2. The van der Waals surface area contributed by atoms with Crippen molar-refractivity contribution in [2.75, 3.05) is 18.4 Å². The highest BCUT2D eigenvalue weighted by molar-refractivity contribution is 9.10. The number of hydrogen-bond donors (Lipinski definition) is 3. The van der Waals surface area contributed by atoms with E-state index in [4.69, 9.17) is 11.6 Å². The summed E-state index contributed by atoms with van der Waals surface area (Å²) in [6, 6.07) is 23.4. The van der Waals surface area contributed by atoms with Crippen LogP contribution in [-0.2, 0) is 0 Å². The number of benzene rings is 3. The molecule has 5 rings (SSSR count). The summed E-state index contributed by atoms with van der Waals surface area (Å²) >= 11 is 9.44. The fraction of sp³-hybridized carbons (Fsp3) is 0.103. The normalized spacial score (nSPS) is 10.8. The number of carbonyl (C=O) groups is 2. The minimum atomic E-state index is -0.360. The zero-order valence-electron chi connectivity index (χ0n) is 20.5. The Morgan fingerprint density at radius 3 is 2.49 bits per heavy atom. The lowest BCUT2D eigenvalue weighted by Gasteiger charge is -2.11. The van der Waals surface area contributed by atoms with Gasteiger partial charge in [0, 0.05) is 45.4 Å². The molecule has 0 atom stereocenters. The van der Waals surface area contributed by atoms with Gasteiger partial charge in [-0.05, 0) is 78.5 Å². The molecule has 194 valence electrons. The van der Waals surface area contributed by atoms with Crippen LogP contribution in [0.15, 0.2) is 83.5 Å². The molecule has 0 saturated carbocycles. The highest BCUT2D eigenvalue weighted by atomic mass is 79.9. The van der Waals surface area contributed by atoms with E-state index in [-0.39, 0.29) is 22.9 Å². The summed E-state index contributed by atoms with van der Waals surface area (Å²) in [5.41, 5.74) is 2.72. The molecule has 39 heavy (non-hydrogen) atoms. The number of hydrogen-bond acceptors (Lipinski definition) is 5. The van der Waals surface area contributed by atoms with Gasteiger partial charge < -0.3 is 15.6 Å². The summed E-state index contributed by atoms with van der Waals surface area (Å²) < 4.78 is 2.37. The van der Waals surface area contributed by atoms with Crippen molar-refractivity contribution >= 4 is 55.9 Å². The number of amides is 1. The summed E-state index contributed by atoms with van der Waals surface area (Å²) in [5, 5.41) is 22.3. The molecular weight excluding hydrogens is 580 g/mol. The minimum absolute atomic E-state index is 0.0466. The first-order valence-electron chi connectivity index (χ1n) is 12.1. The Morgan fingerprint density at radius 2 is 1.74 bits per heavy atom. The summed E-state index contributed by atoms with van der Waals surface area (Å²) in [5.74, 6) is -0.136. The number of carbonyl (C=O) groups excluding carboxylic acids is 2. The third-order valence-electron chi connectivity index (χ3n) is 6.14. The molecule has 10 heteroatoms. The number of H-pyrrole nitrogens is 1. The SMILES string of the molecule is N#Cc1c(C(=O)c2ccc(Br)cc2)nn(-c2ccc(Cl)cc2)c1NCCCNC(=O)c1ccc2cc[nH]c2c1. The van der Waals surface area contributed by atoms with E-state index in [1.807, 2.05) is 24.4 Å². The van der Waals surface area contributed by atoms with Crippen LogP contribution >= 0.6 is 27.5 Å². The zero-order chi connectivity index (χ0) is 27.4. The molecule has 0 radical (unpaired) electrons. The molecule has 1 amide bonds. The Morgan fingerprint density at radius 1 is 1.00 bits per heavy atom. The maximum atomic E-state index is 13.3. The Balaban J connectivity index is 1.32. The molecule has 0 aliphatic rings. The van der Waals surface area contributed by atoms with Gasteiger partial charge in [-0.1, -0.05) is 33.6 Å². The van der Waals surface area contributed by atoms with Gasteiger partial charge in [0.15, 0.2) is 5.69 Å². The van der Waals surface area contributed by atoms with Crippen LogP contribution < -0.4 is 10.6 Å². The lowest BCUT2D eigenvalue weighted by Crippen LogP contribution is -2.26. The predicted molar refractivity (Wildman–Crippen MR) is 155 cm³/mol. The van der Waals surface area contributed by atoms with Crippen molar-refractivity contribution in [2.24, 2.45) is 0 Å². The first-order valence-corrected chi connectivity index (χ1v) is 13.3. The number of aromatic nitrogens is 3. The largest absolute Gasteiger partial charge is 0.369 e. The van der Waals surface area contributed by atoms with E-state index >= 15 is 0 Å². The molecule has 5 aromatic rings. The van der Waals surface area contributed by atoms with Crippen LogP contribution in [0.4, 0.5) is 5.82 Å². The van der Waals surface area contributed by atoms with E-state index in [1.54, 1.807) is 54.6 Å². The van der Waals surface area contributed by atoms with Crippen molar-refractivity contribution in [3.63, 3.8) is 0 Å². The van der Waals surface area contributed by atoms with Crippen LogP contribution in [0.5, 0.6) is 0 Å². The van der Waals surface area contributed by atoms with Gasteiger partial charge in [-0.2, -0.15) is 10.4 Å². The first-order chi connectivity index (χ1) is 18.9. The van der Waals surface area contributed by atoms with Crippen LogP contribution in [0, 0.1) is 11.3 Å². The summed E-state index contributed by atoms with van der Waals surface area (Å²) in [6.45, 7) is 0.839. The summed E-state index contributed by atoms with van der Waals surface area (Å²) in [4.78, 5) is 29.0. The predicted octanol–water partition coefficient (Wildman–Crippen LogP) is 6.10. The molecule has 0 aliphatic heterocycles. The van der Waals surface area contributed by atoms with E-state index in [0.717, 1.165) is 15.4 Å². The van der Waals surface area contributed by atoms with Crippen LogP contribution in [-0.4, -0.2) is 39.5 Å². The highest BCUT2D eigenvalue weighted by Crippen LogP contribution is 2.26. The number of aromatic amines is 1. The number of ketones is 1. The topological polar surface area (TPSA) is 116 Å². The van der Waals surface area contributed by atoms with E-state index in [2.05, 4.69) is 42.7 Å². The third kappa shape index (κ3) is 5.72. The van der Waals surface area contributed by atoms with Gasteiger partial charge in [0.05, 0.1) is 5.69 Å². The van der Waals surface area contributed by atoms with E-state index in [9.17, 15) is 14.9 Å². The average Bonchev–Trinajstić information content (AvgIpc) is 3.57. The summed E-state index contributed by atoms with van der Waals surface area (Å²) in [6.07, 6.45) is 2.41. The van der Waals surface area contributed by atoms with E-state index in [1.165, 1.54) is 4.68 Å². The van der Waals surface area contributed by atoms with Gasteiger partial charge in [0.25, 0.3) is 5.91 Å². The number of anilines is 1. The Bertz CT molecular complexity index is 1700. The Kier molecular flexibility index (Phi) is 7.77. The van der Waals surface area contributed by atoms with Crippen LogP contribution in [0.25, 0.3) is 16.6 Å². The van der Waals surface area contributed by atoms with Gasteiger partial charge >= 0.3 is 0 Å². The van der Waals surface area contributed by atoms with Gasteiger partial charge in [0.2, 0.25) is 5.78 Å². The molecule has 2 heterocycles. The number of nitrogens with zero attached hydrogens (tertiary/aromatic N) is 3. The van der Waals surface area contributed by atoms with Gasteiger partial charge in [-0.25, -0.2) is 4.68 Å². The van der Waals surface area contributed by atoms with Gasteiger partial charge in [0.1, 0.15) is 17.5 Å². The standard InChI is InChI=1S/C29H22BrClN6O2/c30-21-6-4-19(5-7-21)27(38)26-24(17-32)28(37(36-26)23-10-8-22(31)9-11-23)34-13-1-14-35-29(39)20-3-2-18-12-15-33-25(18)16-20/h2-12,15-16,33-34H,1,13-14H2,(H,35,39). The highest BCUT2D eigenvalue weighted by Gasteiger charge is 2.25. The minimum Gasteiger partial charge on any atom is -0.369 e. The fourth-order valence-electron chi connectivity index (χ4n) is 4.14. The lowest BCUT2D eigenvalue weighted by molar-refractivity contribution is 0.0953. The second kappa shape index (κ2) is 11.6. The molecule has 0 bridgehead atoms. The van der Waals surface area contributed by atoms with Crippen LogP contribution in [0.3, 0.4) is 0 Å². The zero-order valence-corrected chi connectivity index (χ0v) is 22.9. The van der Waals surface area contributed by atoms with Crippen molar-refractivity contribution in [3.05, 3.63) is 111 Å². The van der Waals surface area contributed by atoms with Crippen molar-refractivity contribution in [1.82, 2.24) is 20.1 Å². The van der Waals surface area contributed by atoms with Crippen molar-refractivity contribution in [1.29, 1.82) is 5.26 Å². The van der Waals surface area contributed by atoms with E-state index in [0.29, 0.717) is 47.2 Å². The maximum Gasteiger partial charge on any atom is 0.251 e. The molecular formula is C29H22BrClN6O2. The second-order valence-electron chi connectivity index (χ2n) is 8.72. The Hall–Kier alpha value is -4.39. The molecule has 3 N–H and O–H groups in total. The smallest absolute Gasteiger partial charge is 0.251 e. The molecule has 2 aromatic heterocycles. The average molecular weight is 602 g/mol. The number of fused-ring (bicyclic) bond motifs is 1. The van der Waals surface area contributed by atoms with Gasteiger partial charge in [-0.15, -0.1) is 0 Å². The molecule has 0 aliphatic carbocycles. The quantitative estimate of drug-likeness (QED) is 0.139. The molecule has 0 fully saturated rings. The number of nitriles is 1. The van der Waals surface area contributed by atoms with Crippen LogP contribution in [0.2, 0.25) is 5.02 Å². The molecule has 3 aromatic carbocycles. The van der Waals surface area contributed by atoms with Gasteiger partial charge in [-0.3, -0.25) is 9.59 Å². The van der Waals surface area contributed by atoms with Crippen LogP contribution in [0.1, 0.15) is 38.4 Å². The van der Waals surface area contributed by atoms with Crippen molar-refractivity contribution in [2.45, 2.75) is 6.42 Å². The number of nitrogens with one attached hydrogen (secondary N) is 3. The van der Waals surface area contributed by atoms with Crippen molar-refractivity contribution in [3.8, 4) is 11.8 Å². The summed E-state index contributed by atoms with van der Waals surface area (Å²) in [7, 11) is 0. The van der Waals surface area contributed by atoms with E-state index < -0.39 is 0 Å². The maximum absolute atomic E-state index is 13.3. The van der Waals surface area contributed by atoms with Crippen molar-refractivity contribution < 1.29 is 9.59 Å². The number of rotatable bonds is 9. The molecule has 8 nitrogen and oxygen atoms in total. The molecule has 0 saturated heterocycles. The molecule has 0 unspecified atom stereocenters. The molecule has 0 spiro atoms.